The Morgan fingerprint density at radius 3 is 1.53 bits per heavy atom. The molecule has 1 aromatic carbocycles. The lowest BCUT2D eigenvalue weighted by Gasteiger charge is -2.36. The van der Waals surface area contributed by atoms with Gasteiger partial charge in [0.25, 0.3) is 0 Å². The van der Waals surface area contributed by atoms with E-state index in [1.54, 1.807) is 0 Å². The normalized spacial score (nSPS) is 13.8. The Hall–Kier alpha value is -0.850. The Balaban J connectivity index is 3.49. The fourth-order valence-corrected chi connectivity index (χ4v) is 2.34. The first-order valence-electron chi connectivity index (χ1n) is 4.41. The van der Waals surface area contributed by atoms with Crippen molar-refractivity contribution in [1.29, 1.82) is 0 Å². The minimum Gasteiger partial charge on any atom is -0.169 e. The summed E-state index contributed by atoms with van der Waals surface area (Å²) in [6.45, 7) is 0. The highest BCUT2D eigenvalue weighted by molar-refractivity contribution is 7.99. The minimum absolute atomic E-state index is 0.266. The molecule has 0 aromatic heterocycles. The summed E-state index contributed by atoms with van der Waals surface area (Å²) < 4.78 is 73.0. The van der Waals surface area contributed by atoms with E-state index in [2.05, 4.69) is 0 Å². The van der Waals surface area contributed by atoms with Gasteiger partial charge in [0.1, 0.15) is 0 Å². The van der Waals surface area contributed by atoms with Gasteiger partial charge >= 0.3 is 12.4 Å². The predicted molar refractivity (Wildman–Crippen MR) is 53.7 cm³/mol. The van der Waals surface area contributed by atoms with Crippen LogP contribution in [-0.2, 0) is 4.75 Å². The van der Waals surface area contributed by atoms with Gasteiger partial charge in [-0.05, 0) is 11.8 Å². The summed E-state index contributed by atoms with van der Waals surface area (Å²) in [5, 5.41) is 0. The second-order valence-corrected chi connectivity index (χ2v) is 4.27. The maximum atomic E-state index is 12.8. The van der Waals surface area contributed by atoms with Crippen LogP contribution in [0.4, 0.5) is 26.3 Å². The van der Waals surface area contributed by atoms with Gasteiger partial charge in [-0.15, -0.1) is 11.8 Å². The largest absolute Gasteiger partial charge is 0.416 e. The zero-order chi connectivity index (χ0) is 13.3. The zero-order valence-electron chi connectivity index (χ0n) is 8.56. The van der Waals surface area contributed by atoms with Crippen LogP contribution in [0.2, 0.25) is 0 Å². The molecule has 0 aliphatic heterocycles. The molecule has 96 valence electrons. The highest BCUT2D eigenvalue weighted by Crippen LogP contribution is 2.57. The van der Waals surface area contributed by atoms with Crippen molar-refractivity contribution in [3.63, 3.8) is 0 Å². The van der Waals surface area contributed by atoms with Crippen molar-refractivity contribution >= 4 is 11.8 Å². The highest BCUT2D eigenvalue weighted by atomic mass is 32.2. The molecule has 0 radical (unpaired) electrons. The van der Waals surface area contributed by atoms with Gasteiger partial charge in [0.15, 0.2) is 0 Å². The number of rotatable bonds is 2. The van der Waals surface area contributed by atoms with E-state index in [0.29, 0.717) is 0 Å². The smallest absolute Gasteiger partial charge is 0.169 e. The van der Waals surface area contributed by atoms with Crippen molar-refractivity contribution in [2.45, 2.75) is 17.1 Å². The Labute approximate surface area is 98.0 Å². The maximum absolute atomic E-state index is 12.8. The monoisotopic (exact) mass is 274 g/mol. The molecule has 0 atom stereocenters. The second kappa shape index (κ2) is 4.44. The SMILES string of the molecule is CSC(c1ccccc1)(C(F)(F)F)C(F)(F)F. The first-order chi connectivity index (χ1) is 7.67. The number of hydrogen-bond acceptors (Lipinski definition) is 1. The van der Waals surface area contributed by atoms with Crippen molar-refractivity contribution in [1.82, 2.24) is 0 Å². The molecule has 0 saturated carbocycles. The van der Waals surface area contributed by atoms with Gasteiger partial charge < -0.3 is 0 Å². The summed E-state index contributed by atoms with van der Waals surface area (Å²) in [7, 11) is 0. The summed E-state index contributed by atoms with van der Waals surface area (Å²) >= 11 is -0.266. The third kappa shape index (κ3) is 2.25. The van der Waals surface area contributed by atoms with E-state index in [1.165, 1.54) is 6.07 Å². The molecule has 0 spiro atoms. The highest BCUT2D eigenvalue weighted by Gasteiger charge is 2.71. The molecule has 0 aliphatic rings. The van der Waals surface area contributed by atoms with E-state index in [-0.39, 0.29) is 11.8 Å². The molecule has 0 N–H and O–H groups in total. The van der Waals surface area contributed by atoms with Gasteiger partial charge in [-0.25, -0.2) is 0 Å². The number of alkyl halides is 6. The van der Waals surface area contributed by atoms with E-state index < -0.39 is 22.7 Å². The van der Waals surface area contributed by atoms with Crippen LogP contribution >= 0.6 is 11.8 Å². The Kier molecular flexibility index (Phi) is 3.71. The van der Waals surface area contributed by atoms with Crippen LogP contribution in [-0.4, -0.2) is 18.6 Å². The maximum Gasteiger partial charge on any atom is 0.416 e. The molecule has 1 aromatic rings. The Morgan fingerprint density at radius 1 is 0.824 bits per heavy atom. The topological polar surface area (TPSA) is 0 Å². The zero-order valence-corrected chi connectivity index (χ0v) is 9.38. The lowest BCUT2D eigenvalue weighted by atomic mass is 9.97. The molecule has 1 rings (SSSR count). The van der Waals surface area contributed by atoms with Gasteiger partial charge in [-0.3, -0.25) is 0 Å². The molecule has 17 heavy (non-hydrogen) atoms. The number of thioether (sulfide) groups is 1. The molecule has 0 bridgehead atoms. The van der Waals surface area contributed by atoms with Gasteiger partial charge in [0.05, 0.1) is 0 Å². The first-order valence-corrected chi connectivity index (χ1v) is 5.63. The number of benzene rings is 1. The standard InChI is InChI=1S/C10H8F6S/c1-17-8(9(11,12)13,10(14,15)16)7-5-3-2-4-6-7/h2-6H,1H3. The summed E-state index contributed by atoms with van der Waals surface area (Å²) in [6, 6.07) is 5.33. The average molecular weight is 274 g/mol. The predicted octanol–water partition coefficient (Wildman–Crippen LogP) is 4.37. The van der Waals surface area contributed by atoms with E-state index in [0.717, 1.165) is 30.5 Å². The van der Waals surface area contributed by atoms with Crippen molar-refractivity contribution in [2.24, 2.45) is 0 Å². The molecule has 0 saturated heterocycles. The fraction of sp³-hybridized carbons (Fsp3) is 0.400. The van der Waals surface area contributed by atoms with Crippen molar-refractivity contribution in [3.8, 4) is 0 Å². The third-order valence-electron chi connectivity index (χ3n) is 2.28. The quantitative estimate of drug-likeness (QED) is 0.722. The van der Waals surface area contributed by atoms with Crippen LogP contribution in [0.5, 0.6) is 0 Å². The summed E-state index contributed by atoms with van der Waals surface area (Å²) in [4.78, 5) is 0. The third-order valence-corrected chi connectivity index (χ3v) is 3.60. The van der Waals surface area contributed by atoms with Crippen LogP contribution < -0.4 is 0 Å². The fourth-order valence-electron chi connectivity index (χ4n) is 1.51. The van der Waals surface area contributed by atoms with E-state index >= 15 is 0 Å². The molecule has 0 amide bonds. The van der Waals surface area contributed by atoms with E-state index in [4.69, 9.17) is 0 Å². The summed E-state index contributed by atoms with van der Waals surface area (Å²) in [5.74, 6) is 0. The Morgan fingerprint density at radius 2 is 1.24 bits per heavy atom. The Bertz CT molecular complexity index is 353. The van der Waals surface area contributed by atoms with Crippen LogP contribution in [0.15, 0.2) is 30.3 Å². The lowest BCUT2D eigenvalue weighted by Crippen LogP contribution is -2.51. The molecular weight excluding hydrogens is 266 g/mol. The van der Waals surface area contributed by atoms with Crippen LogP contribution in [0.3, 0.4) is 0 Å². The summed E-state index contributed by atoms with van der Waals surface area (Å²) in [5.41, 5.74) is -0.812. The molecule has 0 heterocycles. The van der Waals surface area contributed by atoms with Gasteiger partial charge in [-0.1, -0.05) is 30.3 Å². The molecule has 0 fully saturated rings. The summed E-state index contributed by atoms with van der Waals surface area (Å²) in [6.07, 6.45) is -10.0. The van der Waals surface area contributed by atoms with Gasteiger partial charge in [0, 0.05) is 0 Å². The minimum atomic E-state index is -5.41. The first kappa shape index (κ1) is 14.2. The van der Waals surface area contributed by atoms with Crippen LogP contribution in [0.1, 0.15) is 5.56 Å². The van der Waals surface area contributed by atoms with Gasteiger partial charge in [0.2, 0.25) is 4.75 Å². The molecule has 7 heteroatoms. The van der Waals surface area contributed by atoms with Crippen molar-refractivity contribution in [3.05, 3.63) is 35.9 Å². The van der Waals surface area contributed by atoms with E-state index in [9.17, 15) is 26.3 Å². The van der Waals surface area contributed by atoms with Gasteiger partial charge in [-0.2, -0.15) is 26.3 Å². The molecular formula is C10H8F6S. The molecule has 0 aliphatic carbocycles. The number of hydrogen-bond donors (Lipinski definition) is 0. The molecule has 0 nitrogen and oxygen atoms in total. The second-order valence-electron chi connectivity index (χ2n) is 3.25. The van der Waals surface area contributed by atoms with Crippen molar-refractivity contribution in [2.75, 3.05) is 6.26 Å². The number of halogens is 6. The van der Waals surface area contributed by atoms with Crippen molar-refractivity contribution < 1.29 is 26.3 Å². The molecule has 0 unspecified atom stereocenters. The van der Waals surface area contributed by atoms with E-state index in [1.807, 2.05) is 0 Å². The van der Waals surface area contributed by atoms with Crippen LogP contribution in [0.25, 0.3) is 0 Å². The average Bonchev–Trinajstić information content (AvgIpc) is 2.16. The van der Waals surface area contributed by atoms with Crippen LogP contribution in [0, 0.1) is 0 Å². The lowest BCUT2D eigenvalue weighted by molar-refractivity contribution is -0.268.